The standard InChI is InChI=1S/C18H25N3O/c1-3-21-9-7-17-5-4-15(10-18(17)21)12-20-8-6-16(13-20)11-19-14(2)22/h4-5,7,9-10,16H,3,6,8,11-13H2,1-2H3,(H,19,22). The van der Waals surface area contributed by atoms with Crippen molar-refractivity contribution in [2.75, 3.05) is 19.6 Å². The molecule has 0 spiro atoms. The molecule has 1 amide bonds. The second-order valence-corrected chi connectivity index (χ2v) is 6.32. The zero-order valence-electron chi connectivity index (χ0n) is 13.5. The molecule has 22 heavy (non-hydrogen) atoms. The summed E-state index contributed by atoms with van der Waals surface area (Å²) >= 11 is 0. The quantitative estimate of drug-likeness (QED) is 0.921. The van der Waals surface area contributed by atoms with Crippen LogP contribution in [0.3, 0.4) is 0 Å². The van der Waals surface area contributed by atoms with Gasteiger partial charge in [-0.3, -0.25) is 9.69 Å². The lowest BCUT2D eigenvalue weighted by atomic mass is 10.1. The minimum absolute atomic E-state index is 0.0734. The molecule has 0 aliphatic carbocycles. The van der Waals surface area contributed by atoms with Crippen molar-refractivity contribution < 1.29 is 4.79 Å². The predicted octanol–water partition coefficient (Wildman–Crippen LogP) is 2.62. The molecule has 0 saturated carbocycles. The number of hydrogen-bond donors (Lipinski definition) is 1. The lowest BCUT2D eigenvalue weighted by Crippen LogP contribution is -2.29. The van der Waals surface area contributed by atoms with Gasteiger partial charge in [-0.1, -0.05) is 12.1 Å². The number of benzene rings is 1. The fourth-order valence-corrected chi connectivity index (χ4v) is 3.37. The molecule has 1 unspecified atom stereocenters. The van der Waals surface area contributed by atoms with Crippen molar-refractivity contribution in [1.82, 2.24) is 14.8 Å². The van der Waals surface area contributed by atoms with Crippen molar-refractivity contribution in [2.24, 2.45) is 5.92 Å². The normalized spacial score (nSPS) is 18.9. The Bertz CT molecular complexity index is 661. The molecule has 1 saturated heterocycles. The molecular weight excluding hydrogens is 274 g/mol. The molecule has 118 valence electrons. The number of hydrogen-bond acceptors (Lipinski definition) is 2. The maximum atomic E-state index is 11.0. The van der Waals surface area contributed by atoms with Crippen molar-refractivity contribution in [1.29, 1.82) is 0 Å². The second kappa shape index (κ2) is 6.53. The van der Waals surface area contributed by atoms with Gasteiger partial charge in [0.15, 0.2) is 0 Å². The van der Waals surface area contributed by atoms with Gasteiger partial charge in [-0.15, -0.1) is 0 Å². The summed E-state index contributed by atoms with van der Waals surface area (Å²) in [6.07, 6.45) is 3.33. The number of likely N-dealkylation sites (tertiary alicyclic amines) is 1. The fraction of sp³-hybridized carbons (Fsp3) is 0.500. The van der Waals surface area contributed by atoms with E-state index in [9.17, 15) is 4.79 Å². The Morgan fingerprint density at radius 2 is 2.23 bits per heavy atom. The van der Waals surface area contributed by atoms with E-state index in [0.29, 0.717) is 5.92 Å². The molecule has 4 heteroatoms. The summed E-state index contributed by atoms with van der Waals surface area (Å²) in [5, 5.41) is 4.25. The molecule has 4 nitrogen and oxygen atoms in total. The molecule has 1 aliphatic heterocycles. The molecule has 1 N–H and O–H groups in total. The second-order valence-electron chi connectivity index (χ2n) is 6.32. The highest BCUT2D eigenvalue weighted by atomic mass is 16.1. The first-order valence-corrected chi connectivity index (χ1v) is 8.20. The summed E-state index contributed by atoms with van der Waals surface area (Å²) in [6.45, 7) is 8.79. The smallest absolute Gasteiger partial charge is 0.216 e. The average Bonchev–Trinajstić information content (AvgIpc) is 3.11. The van der Waals surface area contributed by atoms with Gasteiger partial charge in [0.25, 0.3) is 0 Å². The molecule has 1 atom stereocenters. The van der Waals surface area contributed by atoms with Crippen molar-refractivity contribution >= 4 is 16.8 Å². The topological polar surface area (TPSA) is 37.3 Å². The van der Waals surface area contributed by atoms with E-state index in [-0.39, 0.29) is 5.91 Å². The Kier molecular flexibility index (Phi) is 4.48. The number of rotatable bonds is 5. The van der Waals surface area contributed by atoms with Crippen LogP contribution in [0.4, 0.5) is 0 Å². The Labute approximate surface area is 132 Å². The van der Waals surface area contributed by atoms with Gasteiger partial charge in [0.2, 0.25) is 5.91 Å². The molecule has 1 fully saturated rings. The van der Waals surface area contributed by atoms with Crippen LogP contribution in [0, 0.1) is 5.92 Å². The first-order valence-electron chi connectivity index (χ1n) is 8.20. The van der Waals surface area contributed by atoms with Gasteiger partial charge in [-0.2, -0.15) is 0 Å². The third-order valence-corrected chi connectivity index (χ3v) is 4.59. The predicted molar refractivity (Wildman–Crippen MR) is 89.7 cm³/mol. The maximum absolute atomic E-state index is 11.0. The van der Waals surface area contributed by atoms with Crippen LogP contribution in [0.25, 0.3) is 10.9 Å². The third-order valence-electron chi connectivity index (χ3n) is 4.59. The third kappa shape index (κ3) is 3.33. The van der Waals surface area contributed by atoms with Gasteiger partial charge in [0.05, 0.1) is 0 Å². The summed E-state index contributed by atoms with van der Waals surface area (Å²) in [5.74, 6) is 0.663. The van der Waals surface area contributed by atoms with E-state index >= 15 is 0 Å². The van der Waals surface area contributed by atoms with Crippen LogP contribution in [-0.4, -0.2) is 35.0 Å². The number of fused-ring (bicyclic) bond motifs is 1. The fourth-order valence-electron chi connectivity index (χ4n) is 3.37. The Balaban J connectivity index is 1.62. The zero-order valence-corrected chi connectivity index (χ0v) is 13.5. The molecule has 0 bridgehead atoms. The first kappa shape index (κ1) is 15.1. The minimum atomic E-state index is 0.0734. The molecule has 0 radical (unpaired) electrons. The highest BCUT2D eigenvalue weighted by Gasteiger charge is 2.22. The van der Waals surface area contributed by atoms with Crippen molar-refractivity contribution in [2.45, 2.75) is 33.4 Å². The first-order chi connectivity index (χ1) is 10.7. The van der Waals surface area contributed by atoms with Crippen LogP contribution >= 0.6 is 0 Å². The molecule has 2 heterocycles. The number of amides is 1. The largest absolute Gasteiger partial charge is 0.356 e. The Morgan fingerprint density at radius 1 is 1.36 bits per heavy atom. The van der Waals surface area contributed by atoms with E-state index in [1.807, 2.05) is 0 Å². The van der Waals surface area contributed by atoms with Gasteiger partial charge in [-0.05, 0) is 48.9 Å². The van der Waals surface area contributed by atoms with Crippen molar-refractivity contribution in [3.8, 4) is 0 Å². The number of nitrogens with one attached hydrogen (secondary N) is 1. The van der Waals surface area contributed by atoms with Crippen molar-refractivity contribution in [3.05, 3.63) is 36.0 Å². The summed E-state index contributed by atoms with van der Waals surface area (Å²) in [5.41, 5.74) is 2.70. The van der Waals surface area contributed by atoms with E-state index in [0.717, 1.165) is 32.7 Å². The number of aryl methyl sites for hydroxylation is 1. The van der Waals surface area contributed by atoms with E-state index in [1.54, 1.807) is 6.92 Å². The average molecular weight is 299 g/mol. The monoisotopic (exact) mass is 299 g/mol. The number of nitrogens with zero attached hydrogens (tertiary/aromatic N) is 2. The molecule has 3 rings (SSSR count). The van der Waals surface area contributed by atoms with Gasteiger partial charge in [-0.25, -0.2) is 0 Å². The number of carbonyl (C=O) groups is 1. The minimum Gasteiger partial charge on any atom is -0.356 e. The zero-order chi connectivity index (χ0) is 15.5. The van der Waals surface area contributed by atoms with Gasteiger partial charge >= 0.3 is 0 Å². The highest BCUT2D eigenvalue weighted by molar-refractivity contribution is 5.80. The SMILES string of the molecule is CCn1ccc2ccc(CN3CCC(CNC(C)=O)C3)cc21. The summed E-state index contributed by atoms with van der Waals surface area (Å²) in [4.78, 5) is 13.5. The van der Waals surface area contributed by atoms with Gasteiger partial charge < -0.3 is 9.88 Å². The van der Waals surface area contributed by atoms with E-state index in [4.69, 9.17) is 0 Å². The van der Waals surface area contributed by atoms with E-state index < -0.39 is 0 Å². The number of aromatic nitrogens is 1. The lowest BCUT2D eigenvalue weighted by molar-refractivity contribution is -0.119. The maximum Gasteiger partial charge on any atom is 0.216 e. The molecule has 1 aromatic carbocycles. The molecule has 2 aromatic rings. The number of carbonyl (C=O) groups excluding carboxylic acids is 1. The summed E-state index contributed by atoms with van der Waals surface area (Å²) in [6, 6.07) is 8.97. The van der Waals surface area contributed by atoms with Crippen LogP contribution in [0.1, 0.15) is 25.8 Å². The van der Waals surface area contributed by atoms with Crippen LogP contribution in [0.2, 0.25) is 0 Å². The van der Waals surface area contributed by atoms with E-state index in [1.165, 1.54) is 22.9 Å². The Morgan fingerprint density at radius 3 is 3.00 bits per heavy atom. The molecule has 1 aliphatic rings. The van der Waals surface area contributed by atoms with Gasteiger partial charge in [0, 0.05) is 44.8 Å². The van der Waals surface area contributed by atoms with Crippen LogP contribution in [0.5, 0.6) is 0 Å². The Hall–Kier alpha value is -1.81. The summed E-state index contributed by atoms with van der Waals surface area (Å²) < 4.78 is 2.29. The summed E-state index contributed by atoms with van der Waals surface area (Å²) in [7, 11) is 0. The van der Waals surface area contributed by atoms with Gasteiger partial charge in [0.1, 0.15) is 0 Å². The lowest BCUT2D eigenvalue weighted by Gasteiger charge is -2.16. The molecule has 1 aromatic heterocycles. The van der Waals surface area contributed by atoms with E-state index in [2.05, 4.69) is 52.2 Å². The highest BCUT2D eigenvalue weighted by Crippen LogP contribution is 2.22. The van der Waals surface area contributed by atoms with Crippen LogP contribution in [0.15, 0.2) is 30.5 Å². The molecular formula is C18H25N3O. The van der Waals surface area contributed by atoms with Crippen LogP contribution in [-0.2, 0) is 17.9 Å². The van der Waals surface area contributed by atoms with Crippen molar-refractivity contribution in [3.63, 3.8) is 0 Å². The van der Waals surface area contributed by atoms with Crippen LogP contribution < -0.4 is 5.32 Å².